The molecule has 0 radical (unpaired) electrons. The third kappa shape index (κ3) is 3.77. The zero-order valence-corrected chi connectivity index (χ0v) is 16.1. The van der Waals surface area contributed by atoms with Crippen LogP contribution in [0.25, 0.3) is 0 Å². The van der Waals surface area contributed by atoms with Crippen LogP contribution in [0.5, 0.6) is 0 Å². The molecule has 1 spiro atoms. The summed E-state index contributed by atoms with van der Waals surface area (Å²) in [5, 5.41) is 0. The van der Waals surface area contributed by atoms with Crippen LogP contribution >= 0.6 is 0 Å². The number of likely N-dealkylation sites (tertiary alicyclic amines) is 2. The highest BCUT2D eigenvalue weighted by Crippen LogP contribution is 2.44. The van der Waals surface area contributed by atoms with Crippen LogP contribution in [-0.2, 0) is 11.3 Å². The summed E-state index contributed by atoms with van der Waals surface area (Å²) in [5.41, 5.74) is 1.06. The fraction of sp³-hybridized carbons (Fsp3) is 0.524. The Morgan fingerprint density at radius 2 is 2.22 bits per heavy atom. The van der Waals surface area contributed by atoms with E-state index in [0.717, 1.165) is 44.1 Å². The van der Waals surface area contributed by atoms with Gasteiger partial charge in [-0.2, -0.15) is 0 Å². The van der Waals surface area contributed by atoms with Crippen LogP contribution in [0.3, 0.4) is 0 Å². The van der Waals surface area contributed by atoms with Crippen LogP contribution in [0, 0.1) is 18.3 Å². The number of pyridine rings is 1. The number of carbonyl (C=O) groups is 1. The molecule has 2 aliphatic rings. The maximum atomic E-state index is 12.8. The summed E-state index contributed by atoms with van der Waals surface area (Å²) in [4.78, 5) is 21.4. The summed E-state index contributed by atoms with van der Waals surface area (Å²) in [6, 6.07) is 9.49. The van der Waals surface area contributed by atoms with Crippen LogP contribution in [-0.4, -0.2) is 60.5 Å². The molecule has 0 aromatic carbocycles. The first-order valence-electron chi connectivity index (χ1n) is 9.58. The number of aryl methyl sites for hydroxylation is 1. The molecule has 0 unspecified atom stereocenters. The lowest BCUT2D eigenvalue weighted by atomic mass is 9.77. The van der Waals surface area contributed by atoms with Gasteiger partial charge in [0.05, 0.1) is 18.9 Å². The molecule has 27 heavy (non-hydrogen) atoms. The van der Waals surface area contributed by atoms with E-state index in [4.69, 9.17) is 9.15 Å². The first kappa shape index (κ1) is 18.2. The van der Waals surface area contributed by atoms with Gasteiger partial charge in [-0.15, -0.1) is 0 Å². The number of rotatable bonds is 5. The van der Waals surface area contributed by atoms with Gasteiger partial charge < -0.3 is 19.0 Å². The summed E-state index contributed by atoms with van der Waals surface area (Å²) < 4.78 is 11.5. The predicted octanol–water partition coefficient (Wildman–Crippen LogP) is 2.59. The van der Waals surface area contributed by atoms with E-state index >= 15 is 0 Å². The number of hydrogen-bond acceptors (Lipinski definition) is 5. The second-order valence-electron chi connectivity index (χ2n) is 7.98. The fourth-order valence-electron chi connectivity index (χ4n) is 4.56. The number of furan rings is 1. The largest absolute Gasteiger partial charge is 0.456 e. The van der Waals surface area contributed by atoms with Gasteiger partial charge in [0, 0.05) is 43.7 Å². The summed E-state index contributed by atoms with van der Waals surface area (Å²) in [6.45, 7) is 6.66. The second kappa shape index (κ2) is 7.44. The highest BCUT2D eigenvalue weighted by atomic mass is 16.5. The van der Waals surface area contributed by atoms with E-state index < -0.39 is 0 Å². The molecule has 144 valence electrons. The lowest BCUT2D eigenvalue weighted by Crippen LogP contribution is -2.38. The van der Waals surface area contributed by atoms with E-state index in [1.165, 1.54) is 0 Å². The predicted molar refractivity (Wildman–Crippen MR) is 101 cm³/mol. The van der Waals surface area contributed by atoms with Crippen molar-refractivity contribution in [2.75, 3.05) is 39.8 Å². The van der Waals surface area contributed by atoms with E-state index in [2.05, 4.69) is 16.9 Å². The van der Waals surface area contributed by atoms with Gasteiger partial charge in [0.1, 0.15) is 5.76 Å². The summed E-state index contributed by atoms with van der Waals surface area (Å²) in [7, 11) is 2.15. The average molecular weight is 369 g/mol. The standard InChI is InChI=1S/C21H27N3O3/c1-16-6-7-19(27-16)20(25)24-10-8-21(15-24)14-23(2)11-17(21)12-26-13-18-5-3-4-9-22-18/h3-7,9,17H,8,10-15H2,1-2H3/t17-,21-/m1/s1. The average Bonchev–Trinajstić information content (AvgIpc) is 3.36. The molecule has 4 rings (SSSR count). The number of aromatic nitrogens is 1. The van der Waals surface area contributed by atoms with Gasteiger partial charge in [0.15, 0.2) is 5.76 Å². The topological polar surface area (TPSA) is 58.8 Å². The lowest BCUT2D eigenvalue weighted by Gasteiger charge is -2.30. The van der Waals surface area contributed by atoms with Crippen LogP contribution in [0.1, 0.15) is 28.4 Å². The van der Waals surface area contributed by atoms with Gasteiger partial charge in [-0.3, -0.25) is 9.78 Å². The Morgan fingerprint density at radius 3 is 2.96 bits per heavy atom. The molecule has 0 N–H and O–H groups in total. The van der Waals surface area contributed by atoms with Crippen molar-refractivity contribution >= 4 is 5.91 Å². The lowest BCUT2D eigenvalue weighted by molar-refractivity contribution is 0.0478. The molecule has 1 amide bonds. The molecule has 6 nitrogen and oxygen atoms in total. The van der Waals surface area contributed by atoms with Crippen molar-refractivity contribution < 1.29 is 13.9 Å². The molecule has 2 atom stereocenters. The zero-order chi connectivity index (χ0) is 18.9. The van der Waals surface area contributed by atoms with Crippen molar-refractivity contribution in [3.63, 3.8) is 0 Å². The Kier molecular flexibility index (Phi) is 5.02. The number of carbonyl (C=O) groups excluding carboxylic acids is 1. The third-order valence-corrected chi connectivity index (χ3v) is 5.90. The molecule has 0 aliphatic carbocycles. The SMILES string of the molecule is Cc1ccc(C(=O)N2CC[C@@]3(CN(C)C[C@@H]3COCc3ccccn3)C2)o1. The highest BCUT2D eigenvalue weighted by molar-refractivity contribution is 5.91. The Morgan fingerprint density at radius 1 is 1.33 bits per heavy atom. The van der Waals surface area contributed by atoms with Crippen molar-refractivity contribution in [1.29, 1.82) is 0 Å². The normalized spacial score (nSPS) is 25.6. The van der Waals surface area contributed by atoms with Crippen molar-refractivity contribution in [2.45, 2.75) is 20.0 Å². The monoisotopic (exact) mass is 369 g/mol. The Labute approximate surface area is 160 Å². The number of hydrogen-bond donors (Lipinski definition) is 0. The molecular formula is C21H27N3O3. The van der Waals surface area contributed by atoms with Crippen LogP contribution < -0.4 is 0 Å². The first-order chi connectivity index (χ1) is 13.1. The molecule has 2 aromatic rings. The quantitative estimate of drug-likeness (QED) is 0.811. The van der Waals surface area contributed by atoms with E-state index in [9.17, 15) is 4.79 Å². The van der Waals surface area contributed by atoms with Gasteiger partial charge in [0.25, 0.3) is 5.91 Å². The molecule has 6 heteroatoms. The summed E-state index contributed by atoms with van der Waals surface area (Å²) in [6.07, 6.45) is 2.81. The van der Waals surface area contributed by atoms with Crippen molar-refractivity contribution in [2.24, 2.45) is 11.3 Å². The second-order valence-corrected chi connectivity index (χ2v) is 7.98. The minimum absolute atomic E-state index is 0.00248. The van der Waals surface area contributed by atoms with Crippen molar-refractivity contribution in [3.05, 3.63) is 53.7 Å². The fourth-order valence-corrected chi connectivity index (χ4v) is 4.56. The van der Waals surface area contributed by atoms with Crippen LogP contribution in [0.4, 0.5) is 0 Å². The number of nitrogens with zero attached hydrogens (tertiary/aromatic N) is 3. The zero-order valence-electron chi connectivity index (χ0n) is 16.1. The van der Waals surface area contributed by atoms with Gasteiger partial charge in [-0.25, -0.2) is 0 Å². The Balaban J connectivity index is 1.39. The Bertz CT molecular complexity index is 791. The molecule has 2 aromatic heterocycles. The van der Waals surface area contributed by atoms with Crippen molar-refractivity contribution in [1.82, 2.24) is 14.8 Å². The summed E-state index contributed by atoms with van der Waals surface area (Å²) >= 11 is 0. The van der Waals surface area contributed by atoms with Crippen LogP contribution in [0.2, 0.25) is 0 Å². The molecule has 4 heterocycles. The molecule has 2 fully saturated rings. The molecule has 2 aliphatic heterocycles. The Hall–Kier alpha value is -2.18. The minimum atomic E-state index is 0.00248. The van der Waals surface area contributed by atoms with Crippen molar-refractivity contribution in [3.8, 4) is 0 Å². The maximum Gasteiger partial charge on any atom is 0.289 e. The van der Waals surface area contributed by atoms with Gasteiger partial charge in [0.2, 0.25) is 0 Å². The molecular weight excluding hydrogens is 342 g/mol. The van der Waals surface area contributed by atoms with E-state index in [1.54, 1.807) is 12.3 Å². The highest BCUT2D eigenvalue weighted by Gasteiger charge is 2.50. The number of amides is 1. The molecule has 0 bridgehead atoms. The van der Waals surface area contributed by atoms with Crippen LogP contribution in [0.15, 0.2) is 40.9 Å². The third-order valence-electron chi connectivity index (χ3n) is 5.90. The van der Waals surface area contributed by atoms with Gasteiger partial charge in [-0.1, -0.05) is 6.07 Å². The minimum Gasteiger partial charge on any atom is -0.456 e. The molecule has 0 saturated carbocycles. The van der Waals surface area contributed by atoms with E-state index in [0.29, 0.717) is 24.9 Å². The van der Waals surface area contributed by atoms with Gasteiger partial charge >= 0.3 is 0 Å². The smallest absolute Gasteiger partial charge is 0.289 e. The maximum absolute atomic E-state index is 12.8. The van der Waals surface area contributed by atoms with E-state index in [1.807, 2.05) is 36.1 Å². The van der Waals surface area contributed by atoms with Gasteiger partial charge in [-0.05, 0) is 44.7 Å². The number of ether oxygens (including phenoxy) is 1. The van der Waals surface area contributed by atoms with E-state index in [-0.39, 0.29) is 11.3 Å². The first-order valence-corrected chi connectivity index (χ1v) is 9.58. The summed E-state index contributed by atoms with van der Waals surface area (Å²) in [5.74, 6) is 1.64. The molecule has 2 saturated heterocycles.